The molecule has 9 heteroatoms. The molecule has 0 fully saturated rings. The minimum absolute atomic E-state index is 0.123. The van der Waals surface area contributed by atoms with Crippen molar-refractivity contribution in [2.24, 2.45) is 0 Å². The molecule has 1 unspecified atom stereocenters. The Morgan fingerprint density at radius 2 is 2.11 bits per heavy atom. The standard InChI is InChI=1S/C19H18FN5O2S/c1-3-8-28(26)25-17-9-12(4-5-14(17)20)23-15-6-7-16-19(13(15)10-21)24-18(27-2)11-22-16/h4-7,9,11,23,25H,3,8H2,1-2H3. The first-order chi connectivity index (χ1) is 13.5. The third-order valence-electron chi connectivity index (χ3n) is 3.87. The summed E-state index contributed by atoms with van der Waals surface area (Å²) in [5, 5.41) is 12.7. The second kappa shape index (κ2) is 8.73. The third-order valence-corrected chi connectivity index (χ3v) is 5.10. The second-order valence-corrected chi connectivity index (χ2v) is 7.15. The molecule has 3 rings (SSSR count). The van der Waals surface area contributed by atoms with E-state index in [9.17, 15) is 14.2 Å². The van der Waals surface area contributed by atoms with Crippen molar-refractivity contribution in [1.29, 1.82) is 5.26 Å². The van der Waals surface area contributed by atoms with E-state index in [2.05, 4.69) is 26.1 Å². The zero-order valence-electron chi connectivity index (χ0n) is 15.3. The maximum Gasteiger partial charge on any atom is 0.232 e. The fourth-order valence-corrected chi connectivity index (χ4v) is 3.45. The van der Waals surface area contributed by atoms with Crippen molar-refractivity contribution < 1.29 is 13.7 Å². The lowest BCUT2D eigenvalue weighted by Gasteiger charge is -2.14. The Balaban J connectivity index is 1.95. The number of aromatic nitrogens is 2. The highest BCUT2D eigenvalue weighted by Crippen LogP contribution is 2.29. The van der Waals surface area contributed by atoms with E-state index in [1.165, 1.54) is 31.5 Å². The van der Waals surface area contributed by atoms with E-state index in [4.69, 9.17) is 4.74 Å². The summed E-state index contributed by atoms with van der Waals surface area (Å²) >= 11 is -1.37. The molecule has 0 bridgehead atoms. The first kappa shape index (κ1) is 19.7. The number of ether oxygens (including phenoxy) is 1. The normalized spacial score (nSPS) is 11.7. The second-order valence-electron chi connectivity index (χ2n) is 5.85. The molecular weight excluding hydrogens is 381 g/mol. The van der Waals surface area contributed by atoms with Crippen LogP contribution in [-0.2, 0) is 11.4 Å². The van der Waals surface area contributed by atoms with Crippen LogP contribution in [0.3, 0.4) is 0 Å². The van der Waals surface area contributed by atoms with Crippen LogP contribution in [0.25, 0.3) is 11.0 Å². The van der Waals surface area contributed by atoms with Crippen LogP contribution in [0.2, 0.25) is 0 Å². The van der Waals surface area contributed by atoms with Gasteiger partial charge in [0.25, 0.3) is 0 Å². The van der Waals surface area contributed by atoms with Gasteiger partial charge in [-0.25, -0.2) is 19.1 Å². The summed E-state index contributed by atoms with van der Waals surface area (Å²) in [6, 6.07) is 9.86. The summed E-state index contributed by atoms with van der Waals surface area (Å²) < 4.78 is 33.7. The number of benzene rings is 2. The molecule has 0 aliphatic heterocycles. The molecule has 0 saturated carbocycles. The maximum atomic E-state index is 14.0. The summed E-state index contributed by atoms with van der Waals surface area (Å²) in [4.78, 5) is 8.52. The zero-order chi connectivity index (χ0) is 20.1. The number of nitrogens with zero attached hydrogens (tertiary/aromatic N) is 3. The minimum Gasteiger partial charge on any atom is -0.593 e. The number of halogens is 1. The maximum absolute atomic E-state index is 14.0. The van der Waals surface area contributed by atoms with Gasteiger partial charge in [-0.15, -0.1) is 0 Å². The summed E-state index contributed by atoms with van der Waals surface area (Å²) in [6.07, 6.45) is 2.19. The van der Waals surface area contributed by atoms with Gasteiger partial charge in [0.1, 0.15) is 28.6 Å². The molecule has 7 nitrogen and oxygen atoms in total. The number of hydrogen-bond donors (Lipinski definition) is 2. The number of hydrogen-bond acceptors (Lipinski definition) is 7. The van der Waals surface area contributed by atoms with Gasteiger partial charge in [-0.2, -0.15) is 5.26 Å². The summed E-state index contributed by atoms with van der Waals surface area (Å²) in [6.45, 7) is 1.90. The quantitative estimate of drug-likeness (QED) is 0.581. The number of methoxy groups -OCH3 is 1. The van der Waals surface area contributed by atoms with Crippen LogP contribution in [0.4, 0.5) is 21.5 Å². The SMILES string of the molecule is CCC[S+]([O-])Nc1cc(Nc2ccc3ncc(OC)nc3c2C#N)ccc1F. The molecule has 1 aromatic heterocycles. The van der Waals surface area contributed by atoms with Crippen molar-refractivity contribution in [3.63, 3.8) is 0 Å². The Bertz CT molecular complexity index is 1040. The Morgan fingerprint density at radius 1 is 1.29 bits per heavy atom. The molecule has 0 radical (unpaired) electrons. The fraction of sp³-hybridized carbons (Fsp3) is 0.211. The van der Waals surface area contributed by atoms with E-state index in [1.54, 1.807) is 12.1 Å². The molecule has 0 amide bonds. The fourth-order valence-electron chi connectivity index (χ4n) is 2.57. The monoisotopic (exact) mass is 399 g/mol. The molecule has 2 N–H and O–H groups in total. The van der Waals surface area contributed by atoms with E-state index in [0.29, 0.717) is 40.5 Å². The summed E-state index contributed by atoms with van der Waals surface area (Å²) in [5.74, 6) is 0.207. The zero-order valence-corrected chi connectivity index (χ0v) is 16.1. The van der Waals surface area contributed by atoms with Crippen LogP contribution < -0.4 is 14.8 Å². The Labute approximate surface area is 164 Å². The van der Waals surface area contributed by atoms with Crippen LogP contribution in [-0.4, -0.2) is 27.4 Å². The van der Waals surface area contributed by atoms with Gasteiger partial charge in [0.05, 0.1) is 35.9 Å². The van der Waals surface area contributed by atoms with Crippen LogP contribution in [0, 0.1) is 17.1 Å². The first-order valence-electron chi connectivity index (χ1n) is 8.51. The van der Waals surface area contributed by atoms with E-state index in [0.717, 1.165) is 0 Å². The van der Waals surface area contributed by atoms with Crippen molar-refractivity contribution >= 4 is 39.5 Å². The molecule has 28 heavy (non-hydrogen) atoms. The average molecular weight is 399 g/mol. The van der Waals surface area contributed by atoms with Gasteiger partial charge in [0, 0.05) is 5.69 Å². The lowest BCUT2D eigenvalue weighted by molar-refractivity contribution is 0.397. The predicted molar refractivity (Wildman–Crippen MR) is 107 cm³/mol. The van der Waals surface area contributed by atoms with Crippen LogP contribution in [0.15, 0.2) is 36.5 Å². The van der Waals surface area contributed by atoms with E-state index >= 15 is 0 Å². The largest absolute Gasteiger partial charge is 0.593 e. The van der Waals surface area contributed by atoms with Crippen LogP contribution in [0.1, 0.15) is 18.9 Å². The lowest BCUT2D eigenvalue weighted by Crippen LogP contribution is -2.17. The van der Waals surface area contributed by atoms with Crippen molar-refractivity contribution in [3.8, 4) is 11.9 Å². The molecule has 3 aromatic rings. The minimum atomic E-state index is -1.37. The van der Waals surface area contributed by atoms with Crippen LogP contribution >= 0.6 is 0 Å². The number of fused-ring (bicyclic) bond motifs is 1. The van der Waals surface area contributed by atoms with Gasteiger partial charge in [-0.3, -0.25) is 0 Å². The van der Waals surface area contributed by atoms with Gasteiger partial charge in [0.15, 0.2) is 5.82 Å². The molecule has 0 saturated heterocycles. The smallest absolute Gasteiger partial charge is 0.232 e. The van der Waals surface area contributed by atoms with E-state index < -0.39 is 17.2 Å². The molecule has 144 valence electrons. The van der Waals surface area contributed by atoms with Crippen molar-refractivity contribution in [3.05, 3.63) is 47.9 Å². The highest BCUT2D eigenvalue weighted by Gasteiger charge is 2.14. The van der Waals surface area contributed by atoms with Crippen molar-refractivity contribution in [2.75, 3.05) is 22.9 Å². The highest BCUT2D eigenvalue weighted by molar-refractivity contribution is 7.92. The number of nitrogens with one attached hydrogen (secondary N) is 2. The summed E-state index contributed by atoms with van der Waals surface area (Å²) in [5.41, 5.74) is 2.39. The number of nitriles is 1. The average Bonchev–Trinajstić information content (AvgIpc) is 2.70. The number of rotatable bonds is 7. The van der Waals surface area contributed by atoms with Crippen LogP contribution in [0.5, 0.6) is 5.88 Å². The van der Waals surface area contributed by atoms with Gasteiger partial charge in [-0.05, 0) is 36.8 Å². The van der Waals surface area contributed by atoms with E-state index in [-0.39, 0.29) is 11.3 Å². The van der Waals surface area contributed by atoms with Gasteiger partial charge >= 0.3 is 0 Å². The number of anilines is 3. The molecule has 2 aromatic carbocycles. The first-order valence-corrected chi connectivity index (χ1v) is 9.83. The summed E-state index contributed by atoms with van der Waals surface area (Å²) in [7, 11) is 1.47. The lowest BCUT2D eigenvalue weighted by atomic mass is 10.1. The predicted octanol–water partition coefficient (Wildman–Crippen LogP) is 3.88. The van der Waals surface area contributed by atoms with Crippen molar-refractivity contribution in [1.82, 2.24) is 9.97 Å². The van der Waals surface area contributed by atoms with Gasteiger partial charge in [0.2, 0.25) is 5.88 Å². The Morgan fingerprint density at radius 3 is 2.82 bits per heavy atom. The highest BCUT2D eigenvalue weighted by atomic mass is 32.2. The third kappa shape index (κ3) is 4.24. The van der Waals surface area contributed by atoms with Gasteiger partial charge < -0.3 is 14.6 Å². The molecule has 1 atom stereocenters. The Kier molecular flexibility index (Phi) is 6.13. The Hall–Kier alpha value is -3.09. The molecular formula is C19H18FN5O2S. The molecule has 0 spiro atoms. The molecule has 0 aliphatic carbocycles. The van der Waals surface area contributed by atoms with Gasteiger partial charge in [-0.1, -0.05) is 6.92 Å². The van der Waals surface area contributed by atoms with Crippen molar-refractivity contribution in [2.45, 2.75) is 13.3 Å². The molecule has 1 heterocycles. The van der Waals surface area contributed by atoms with E-state index in [1.807, 2.05) is 6.92 Å². The topological polar surface area (TPSA) is 106 Å². The molecule has 0 aliphatic rings.